The Bertz CT molecular complexity index is 528. The lowest BCUT2D eigenvalue weighted by Crippen LogP contribution is -2.13. The molecule has 1 heterocycles. The van der Waals surface area contributed by atoms with Gasteiger partial charge in [0.2, 0.25) is 5.95 Å². The maximum absolute atomic E-state index is 4.41. The minimum absolute atomic E-state index is 0.701. The fourth-order valence-corrected chi connectivity index (χ4v) is 1.91. The van der Waals surface area contributed by atoms with E-state index in [-0.39, 0.29) is 0 Å². The zero-order valence-electron chi connectivity index (χ0n) is 10.4. The molecule has 5 heteroatoms. The number of aromatic nitrogens is 2. The molecular formula is C13H15BrN4. The van der Waals surface area contributed by atoms with E-state index in [4.69, 9.17) is 0 Å². The van der Waals surface area contributed by atoms with Gasteiger partial charge in [-0.2, -0.15) is 4.98 Å². The van der Waals surface area contributed by atoms with Gasteiger partial charge in [0.25, 0.3) is 0 Å². The second-order valence-corrected chi connectivity index (χ2v) is 4.94. The lowest BCUT2D eigenvalue weighted by Gasteiger charge is -2.12. The molecule has 1 aromatic heterocycles. The summed E-state index contributed by atoms with van der Waals surface area (Å²) in [4.78, 5) is 10.5. The molecule has 0 saturated heterocycles. The van der Waals surface area contributed by atoms with Crippen LogP contribution in [0.3, 0.4) is 0 Å². The van der Waals surface area contributed by atoms with E-state index in [2.05, 4.69) is 37.3 Å². The van der Waals surface area contributed by atoms with Crippen LogP contribution in [0.1, 0.15) is 5.56 Å². The van der Waals surface area contributed by atoms with Crippen molar-refractivity contribution < 1.29 is 0 Å². The summed E-state index contributed by atoms with van der Waals surface area (Å²) in [7, 11) is 3.85. The molecule has 94 valence electrons. The van der Waals surface area contributed by atoms with E-state index >= 15 is 0 Å². The first kappa shape index (κ1) is 12.8. The minimum atomic E-state index is 0.701. The maximum atomic E-state index is 4.41. The largest absolute Gasteiger partial charge is 0.366 e. The third-order valence-electron chi connectivity index (χ3n) is 2.46. The summed E-state index contributed by atoms with van der Waals surface area (Å²) < 4.78 is 1.10. The number of nitrogens with zero attached hydrogens (tertiary/aromatic N) is 3. The van der Waals surface area contributed by atoms with Crippen molar-refractivity contribution in [3.05, 3.63) is 46.6 Å². The Labute approximate surface area is 115 Å². The second kappa shape index (κ2) is 5.82. The molecule has 0 spiro atoms. The van der Waals surface area contributed by atoms with E-state index in [1.165, 1.54) is 5.56 Å². The molecule has 18 heavy (non-hydrogen) atoms. The summed E-state index contributed by atoms with van der Waals surface area (Å²) in [6, 6.07) is 9.99. The Balaban J connectivity index is 2.07. The van der Waals surface area contributed by atoms with Gasteiger partial charge in [-0.05, 0) is 17.7 Å². The third kappa shape index (κ3) is 3.20. The van der Waals surface area contributed by atoms with E-state index in [0.717, 1.165) is 16.8 Å². The van der Waals surface area contributed by atoms with Crippen LogP contribution in [0.5, 0.6) is 0 Å². The van der Waals surface area contributed by atoms with Crippen LogP contribution in [0.25, 0.3) is 0 Å². The molecule has 2 rings (SSSR count). The zero-order valence-corrected chi connectivity index (χ0v) is 12.0. The number of halogens is 1. The molecule has 4 nitrogen and oxygen atoms in total. The first-order chi connectivity index (χ1) is 8.66. The predicted molar refractivity (Wildman–Crippen MR) is 77.8 cm³/mol. The first-order valence-electron chi connectivity index (χ1n) is 5.64. The van der Waals surface area contributed by atoms with Crippen LogP contribution < -0.4 is 10.2 Å². The maximum Gasteiger partial charge on any atom is 0.226 e. The standard InChI is InChI=1S/C13H15BrN4/c1-18(2)13-15-8-7-12(17-13)16-9-10-5-3-4-6-11(10)14/h3-8H,9H2,1-2H3,(H,15,16,17). The normalized spacial score (nSPS) is 10.2. The third-order valence-corrected chi connectivity index (χ3v) is 3.23. The van der Waals surface area contributed by atoms with Crippen molar-refractivity contribution in [1.29, 1.82) is 0 Å². The van der Waals surface area contributed by atoms with E-state index in [1.54, 1.807) is 6.20 Å². The smallest absolute Gasteiger partial charge is 0.226 e. The fourth-order valence-electron chi connectivity index (χ4n) is 1.49. The van der Waals surface area contributed by atoms with Crippen molar-refractivity contribution in [1.82, 2.24) is 9.97 Å². The molecule has 0 fully saturated rings. The summed E-state index contributed by atoms with van der Waals surface area (Å²) in [6.07, 6.45) is 1.75. The van der Waals surface area contributed by atoms with Crippen LogP contribution in [-0.4, -0.2) is 24.1 Å². The topological polar surface area (TPSA) is 41.1 Å². The van der Waals surface area contributed by atoms with Crippen molar-refractivity contribution in [2.45, 2.75) is 6.54 Å². The lowest BCUT2D eigenvalue weighted by atomic mass is 10.2. The summed E-state index contributed by atoms with van der Waals surface area (Å²) in [5.74, 6) is 1.52. The minimum Gasteiger partial charge on any atom is -0.366 e. The van der Waals surface area contributed by atoms with Gasteiger partial charge in [-0.25, -0.2) is 4.98 Å². The van der Waals surface area contributed by atoms with Crippen LogP contribution in [0, 0.1) is 0 Å². The average Bonchev–Trinajstić information content (AvgIpc) is 2.38. The highest BCUT2D eigenvalue weighted by atomic mass is 79.9. The summed E-state index contributed by atoms with van der Waals surface area (Å²) in [6.45, 7) is 0.727. The number of benzene rings is 1. The first-order valence-corrected chi connectivity index (χ1v) is 6.44. The Kier molecular flexibility index (Phi) is 4.15. The molecule has 1 N–H and O–H groups in total. The van der Waals surface area contributed by atoms with Gasteiger partial charge in [0.15, 0.2) is 0 Å². The molecule has 0 saturated carbocycles. The van der Waals surface area contributed by atoms with Crippen LogP contribution in [0.15, 0.2) is 41.0 Å². The SMILES string of the molecule is CN(C)c1nccc(NCc2ccccc2Br)n1. The molecule has 2 aromatic rings. The Morgan fingerprint density at radius 2 is 2.00 bits per heavy atom. The van der Waals surface area contributed by atoms with Gasteiger partial charge in [-0.1, -0.05) is 34.1 Å². The van der Waals surface area contributed by atoms with Crippen molar-refractivity contribution in [2.24, 2.45) is 0 Å². The number of rotatable bonds is 4. The Hall–Kier alpha value is -1.62. The van der Waals surface area contributed by atoms with Crippen molar-refractivity contribution in [3.8, 4) is 0 Å². The molecule has 0 radical (unpaired) electrons. The molecule has 0 aliphatic heterocycles. The molecule has 0 bridgehead atoms. The van der Waals surface area contributed by atoms with Gasteiger partial charge in [0.1, 0.15) is 5.82 Å². The van der Waals surface area contributed by atoms with Gasteiger partial charge in [-0.3, -0.25) is 0 Å². The molecule has 1 aromatic carbocycles. The van der Waals surface area contributed by atoms with Crippen molar-refractivity contribution >= 4 is 27.7 Å². The van der Waals surface area contributed by atoms with Crippen molar-refractivity contribution in [3.63, 3.8) is 0 Å². The Morgan fingerprint density at radius 3 is 2.72 bits per heavy atom. The summed E-state index contributed by atoms with van der Waals surface area (Å²) >= 11 is 3.53. The molecule has 0 amide bonds. The van der Waals surface area contributed by atoms with Gasteiger partial charge in [-0.15, -0.1) is 0 Å². The molecule has 0 unspecified atom stereocenters. The van der Waals surface area contributed by atoms with Gasteiger partial charge in [0.05, 0.1) is 0 Å². The van der Waals surface area contributed by atoms with Gasteiger partial charge in [0, 0.05) is 31.3 Å². The van der Waals surface area contributed by atoms with Gasteiger partial charge >= 0.3 is 0 Å². The number of hydrogen-bond donors (Lipinski definition) is 1. The van der Waals surface area contributed by atoms with E-state index in [0.29, 0.717) is 5.95 Å². The van der Waals surface area contributed by atoms with Crippen LogP contribution in [0.4, 0.5) is 11.8 Å². The zero-order chi connectivity index (χ0) is 13.0. The summed E-state index contributed by atoms with van der Waals surface area (Å²) in [5, 5.41) is 3.29. The highest BCUT2D eigenvalue weighted by molar-refractivity contribution is 9.10. The Morgan fingerprint density at radius 1 is 1.22 bits per heavy atom. The lowest BCUT2D eigenvalue weighted by molar-refractivity contribution is 0.987. The van der Waals surface area contributed by atoms with E-state index < -0.39 is 0 Å². The van der Waals surface area contributed by atoms with Crippen molar-refractivity contribution in [2.75, 3.05) is 24.3 Å². The van der Waals surface area contributed by atoms with Gasteiger partial charge < -0.3 is 10.2 Å². The number of anilines is 2. The number of hydrogen-bond acceptors (Lipinski definition) is 4. The molecule has 0 aliphatic rings. The van der Waals surface area contributed by atoms with Crippen LogP contribution >= 0.6 is 15.9 Å². The average molecular weight is 307 g/mol. The van der Waals surface area contributed by atoms with E-state index in [1.807, 2.05) is 43.3 Å². The number of nitrogens with one attached hydrogen (secondary N) is 1. The quantitative estimate of drug-likeness (QED) is 0.943. The molecule has 0 atom stereocenters. The molecule has 0 aliphatic carbocycles. The second-order valence-electron chi connectivity index (χ2n) is 4.08. The highest BCUT2D eigenvalue weighted by Gasteiger charge is 2.02. The van der Waals surface area contributed by atoms with E-state index in [9.17, 15) is 0 Å². The van der Waals surface area contributed by atoms with Crippen LogP contribution in [0.2, 0.25) is 0 Å². The predicted octanol–water partition coefficient (Wildman–Crippen LogP) is 2.92. The van der Waals surface area contributed by atoms with Crippen LogP contribution in [-0.2, 0) is 6.54 Å². The fraction of sp³-hybridized carbons (Fsp3) is 0.231. The monoisotopic (exact) mass is 306 g/mol. The summed E-state index contributed by atoms with van der Waals surface area (Å²) in [5.41, 5.74) is 1.20. The highest BCUT2D eigenvalue weighted by Crippen LogP contribution is 2.17. The molecular weight excluding hydrogens is 292 g/mol.